The summed E-state index contributed by atoms with van der Waals surface area (Å²) in [4.78, 5) is 3.83. The molecule has 0 aliphatic carbocycles. The molecule has 0 bridgehead atoms. The molecule has 0 radical (unpaired) electrons. The van der Waals surface area contributed by atoms with Crippen LogP contribution in [0.15, 0.2) is 41.4 Å². The topological polar surface area (TPSA) is 97.1 Å². The largest absolute Gasteiger partial charge is 0.307 e. The van der Waals surface area contributed by atoms with Gasteiger partial charge >= 0.3 is 0 Å². The molecule has 4 N–H and O–H groups in total. The quantitative estimate of drug-likeness (QED) is 0.575. The Bertz CT molecular complexity index is 750. The Labute approximate surface area is 128 Å². The van der Waals surface area contributed by atoms with Crippen LogP contribution in [-0.2, 0) is 16.6 Å². The molecule has 2 rings (SSSR count). The third kappa shape index (κ3) is 3.92. The molecule has 0 aliphatic rings. The van der Waals surface area contributed by atoms with E-state index in [4.69, 9.17) is 17.4 Å². The summed E-state index contributed by atoms with van der Waals surface area (Å²) >= 11 is 5.88. The molecule has 8 heteroatoms. The minimum absolute atomic E-state index is 0.0147. The highest BCUT2D eigenvalue weighted by Crippen LogP contribution is 2.21. The highest BCUT2D eigenvalue weighted by Gasteiger charge is 2.16. The maximum Gasteiger partial charge on any atom is 0.242 e. The predicted octanol–water partition coefficient (Wildman–Crippen LogP) is 1.81. The summed E-state index contributed by atoms with van der Waals surface area (Å²) in [6, 6.07) is 8.87. The van der Waals surface area contributed by atoms with E-state index in [1.165, 1.54) is 12.3 Å². The van der Waals surface area contributed by atoms with Crippen molar-refractivity contribution in [1.82, 2.24) is 9.71 Å². The predicted molar refractivity (Wildman–Crippen MR) is 82.3 cm³/mol. The number of sulfonamides is 1. The molecular weight excluding hydrogens is 312 g/mol. The van der Waals surface area contributed by atoms with Crippen LogP contribution in [-0.4, -0.2) is 13.4 Å². The lowest BCUT2D eigenvalue weighted by Crippen LogP contribution is -2.23. The Morgan fingerprint density at radius 3 is 2.71 bits per heavy atom. The number of hydrogen-bond donors (Lipinski definition) is 3. The van der Waals surface area contributed by atoms with Crippen LogP contribution in [0.4, 0.5) is 5.82 Å². The first-order chi connectivity index (χ1) is 9.92. The normalized spacial score (nSPS) is 11.4. The third-order valence-corrected chi connectivity index (χ3v) is 4.47. The minimum Gasteiger partial charge on any atom is -0.307 e. The van der Waals surface area contributed by atoms with Crippen molar-refractivity contribution in [2.24, 2.45) is 5.84 Å². The monoisotopic (exact) mass is 326 g/mol. The van der Waals surface area contributed by atoms with Crippen LogP contribution in [0.5, 0.6) is 0 Å². The van der Waals surface area contributed by atoms with Crippen molar-refractivity contribution in [2.45, 2.75) is 18.4 Å². The van der Waals surface area contributed by atoms with Gasteiger partial charge in [-0.2, -0.15) is 0 Å². The van der Waals surface area contributed by atoms with Gasteiger partial charge in [-0.1, -0.05) is 41.4 Å². The van der Waals surface area contributed by atoms with E-state index in [-0.39, 0.29) is 22.3 Å². The number of pyridine rings is 1. The summed E-state index contributed by atoms with van der Waals surface area (Å²) in [6.07, 6.45) is 1.19. The number of rotatable bonds is 5. The molecule has 0 unspecified atom stereocenters. The Morgan fingerprint density at radius 1 is 1.33 bits per heavy atom. The van der Waals surface area contributed by atoms with Gasteiger partial charge < -0.3 is 5.43 Å². The van der Waals surface area contributed by atoms with Crippen molar-refractivity contribution in [1.29, 1.82) is 0 Å². The fraction of sp³-hybridized carbons (Fsp3) is 0.154. The number of benzene rings is 1. The lowest BCUT2D eigenvalue weighted by atomic mass is 10.1. The van der Waals surface area contributed by atoms with Crippen LogP contribution >= 0.6 is 11.6 Å². The summed E-state index contributed by atoms with van der Waals surface area (Å²) in [5.41, 5.74) is 4.22. The van der Waals surface area contributed by atoms with Gasteiger partial charge in [-0.15, -0.1) is 0 Å². The van der Waals surface area contributed by atoms with Crippen LogP contribution in [0.3, 0.4) is 0 Å². The van der Waals surface area contributed by atoms with Crippen molar-refractivity contribution in [3.05, 3.63) is 52.7 Å². The zero-order valence-corrected chi connectivity index (χ0v) is 12.9. The number of hydrogen-bond acceptors (Lipinski definition) is 5. The zero-order chi connectivity index (χ0) is 15.5. The van der Waals surface area contributed by atoms with E-state index < -0.39 is 10.0 Å². The molecule has 112 valence electrons. The molecule has 0 saturated carbocycles. The van der Waals surface area contributed by atoms with E-state index in [9.17, 15) is 8.42 Å². The van der Waals surface area contributed by atoms with Crippen LogP contribution in [0.25, 0.3) is 0 Å². The van der Waals surface area contributed by atoms with Gasteiger partial charge in [0.05, 0.1) is 5.02 Å². The molecule has 1 heterocycles. The number of halogens is 1. The van der Waals surface area contributed by atoms with E-state index in [1.807, 2.05) is 31.2 Å². The smallest absolute Gasteiger partial charge is 0.242 e. The molecular formula is C13H15ClN4O2S. The SMILES string of the molecule is Cc1cccc(CNS(=O)(=O)c2cnc(NN)c(Cl)c2)c1. The van der Waals surface area contributed by atoms with Crippen LogP contribution in [0.2, 0.25) is 5.02 Å². The average molecular weight is 327 g/mol. The summed E-state index contributed by atoms with van der Waals surface area (Å²) in [7, 11) is -3.68. The number of nitrogens with two attached hydrogens (primary N) is 1. The summed E-state index contributed by atoms with van der Waals surface area (Å²) in [6.45, 7) is 2.14. The van der Waals surface area contributed by atoms with Gasteiger partial charge in [0.25, 0.3) is 0 Å². The second-order valence-corrected chi connectivity index (χ2v) is 6.63. The molecule has 0 aliphatic heterocycles. The Hall–Kier alpha value is -1.67. The second-order valence-electron chi connectivity index (χ2n) is 4.46. The number of anilines is 1. The second kappa shape index (κ2) is 6.40. The Balaban J connectivity index is 2.17. The summed E-state index contributed by atoms with van der Waals surface area (Å²) in [5, 5.41) is 0.135. The van der Waals surface area contributed by atoms with Crippen molar-refractivity contribution < 1.29 is 8.42 Å². The molecule has 6 nitrogen and oxygen atoms in total. The van der Waals surface area contributed by atoms with Crippen molar-refractivity contribution in [3.8, 4) is 0 Å². The molecule has 0 saturated heterocycles. The fourth-order valence-electron chi connectivity index (χ4n) is 1.76. The highest BCUT2D eigenvalue weighted by atomic mass is 35.5. The van der Waals surface area contributed by atoms with Crippen LogP contribution in [0.1, 0.15) is 11.1 Å². The standard InChI is InChI=1S/C13H15ClN4O2S/c1-9-3-2-4-10(5-9)7-17-21(19,20)11-6-12(14)13(18-15)16-8-11/h2-6,8,17H,7,15H2,1H3,(H,16,18). The van der Waals surface area contributed by atoms with E-state index >= 15 is 0 Å². The van der Waals surface area contributed by atoms with Crippen molar-refractivity contribution in [3.63, 3.8) is 0 Å². The molecule has 2 aromatic rings. The molecule has 0 amide bonds. The molecule has 0 atom stereocenters. The van der Waals surface area contributed by atoms with E-state index in [2.05, 4.69) is 15.1 Å². The molecule has 21 heavy (non-hydrogen) atoms. The van der Waals surface area contributed by atoms with Gasteiger partial charge in [0, 0.05) is 12.7 Å². The van der Waals surface area contributed by atoms with Gasteiger partial charge in [0.2, 0.25) is 10.0 Å². The first-order valence-electron chi connectivity index (χ1n) is 6.10. The van der Waals surface area contributed by atoms with Gasteiger partial charge in [-0.05, 0) is 18.6 Å². The molecule has 0 fully saturated rings. The maximum atomic E-state index is 12.2. The van der Waals surface area contributed by atoms with Crippen LogP contribution in [0, 0.1) is 6.92 Å². The lowest BCUT2D eigenvalue weighted by Gasteiger charge is -2.09. The van der Waals surface area contributed by atoms with Crippen molar-refractivity contribution >= 4 is 27.4 Å². The molecule has 1 aromatic heterocycles. The number of nitrogens with one attached hydrogen (secondary N) is 2. The minimum atomic E-state index is -3.68. The number of nitrogens with zero attached hydrogens (tertiary/aromatic N) is 1. The number of aryl methyl sites for hydroxylation is 1. The molecule has 0 spiro atoms. The highest BCUT2D eigenvalue weighted by molar-refractivity contribution is 7.89. The first kappa shape index (κ1) is 15.7. The summed E-state index contributed by atoms with van der Waals surface area (Å²) in [5.74, 6) is 5.41. The maximum absolute atomic E-state index is 12.2. The lowest BCUT2D eigenvalue weighted by molar-refractivity contribution is 0.581. The van der Waals surface area contributed by atoms with Gasteiger partial charge in [0.15, 0.2) is 5.82 Å². The van der Waals surface area contributed by atoms with Crippen molar-refractivity contribution in [2.75, 3.05) is 5.43 Å². The average Bonchev–Trinajstić information content (AvgIpc) is 2.45. The van der Waals surface area contributed by atoms with E-state index in [1.54, 1.807) is 0 Å². The van der Waals surface area contributed by atoms with E-state index in [0.29, 0.717) is 0 Å². The number of aromatic nitrogens is 1. The third-order valence-electron chi connectivity index (χ3n) is 2.81. The van der Waals surface area contributed by atoms with Gasteiger partial charge in [-0.25, -0.2) is 24.0 Å². The number of hydrazine groups is 1. The zero-order valence-electron chi connectivity index (χ0n) is 11.3. The van der Waals surface area contributed by atoms with Gasteiger partial charge in [0.1, 0.15) is 4.90 Å². The first-order valence-corrected chi connectivity index (χ1v) is 7.96. The Kier molecular flexibility index (Phi) is 4.79. The fourth-order valence-corrected chi connectivity index (χ4v) is 3.03. The van der Waals surface area contributed by atoms with Gasteiger partial charge in [-0.3, -0.25) is 0 Å². The molecule has 1 aromatic carbocycles. The number of nitrogen functional groups attached to an aromatic ring is 1. The van der Waals surface area contributed by atoms with E-state index in [0.717, 1.165) is 11.1 Å². The van der Waals surface area contributed by atoms with Crippen LogP contribution < -0.4 is 16.0 Å². The Morgan fingerprint density at radius 2 is 2.10 bits per heavy atom. The summed E-state index contributed by atoms with van der Waals surface area (Å²) < 4.78 is 26.9.